The highest BCUT2D eigenvalue weighted by molar-refractivity contribution is 5.97. The van der Waals surface area contributed by atoms with Gasteiger partial charge in [0.1, 0.15) is 36.0 Å². The predicted molar refractivity (Wildman–Crippen MR) is 264 cm³/mol. The molecule has 0 bridgehead atoms. The van der Waals surface area contributed by atoms with Gasteiger partial charge in [-0.2, -0.15) is 0 Å². The van der Waals surface area contributed by atoms with Crippen molar-refractivity contribution < 1.29 is 43.5 Å². The van der Waals surface area contributed by atoms with E-state index in [4.69, 9.17) is 34.4 Å². The highest BCUT2D eigenvalue weighted by Gasteiger charge is 2.33. The zero-order valence-corrected chi connectivity index (χ0v) is 40.4. The average Bonchev–Trinajstić information content (AvgIpc) is 3.30. The van der Waals surface area contributed by atoms with Gasteiger partial charge in [-0.25, -0.2) is 0 Å². The quantitative estimate of drug-likeness (QED) is 0.0202. The fourth-order valence-electron chi connectivity index (χ4n) is 6.87. The fraction of sp³-hybridized carbons (Fsp3) is 0.522. The van der Waals surface area contributed by atoms with Crippen LogP contribution in [0.15, 0.2) is 64.6 Å². The van der Waals surface area contributed by atoms with Crippen LogP contribution >= 0.6 is 0 Å². The van der Waals surface area contributed by atoms with Gasteiger partial charge in [0.2, 0.25) is 47.3 Å². The summed E-state index contributed by atoms with van der Waals surface area (Å²) in [6, 6.07) is 7.76. The zero-order chi connectivity index (χ0) is 52.3. The molecule has 24 nitrogen and oxygen atoms in total. The van der Waals surface area contributed by atoms with Crippen molar-refractivity contribution in [2.24, 2.45) is 56.2 Å². The number of phenolic OH excluding ortho intramolecular Hbond substituents is 1. The van der Waals surface area contributed by atoms with E-state index in [0.29, 0.717) is 17.5 Å². The minimum atomic E-state index is -1.30. The lowest BCUT2D eigenvalue weighted by molar-refractivity contribution is -0.135. The van der Waals surface area contributed by atoms with E-state index >= 15 is 0 Å². The van der Waals surface area contributed by atoms with Crippen LogP contribution in [0.3, 0.4) is 0 Å². The number of nitrogens with one attached hydrogen (secondary N) is 7. The third-order valence-electron chi connectivity index (χ3n) is 10.8. The van der Waals surface area contributed by atoms with Gasteiger partial charge in [-0.1, -0.05) is 76.6 Å². The summed E-state index contributed by atoms with van der Waals surface area (Å²) in [5.41, 5.74) is 34.9. The molecule has 0 heterocycles. The van der Waals surface area contributed by atoms with Crippen LogP contribution < -0.4 is 71.6 Å². The Kier molecular flexibility index (Phi) is 25.8. The number of phenols is 1. The van der Waals surface area contributed by atoms with Crippen molar-refractivity contribution in [3.05, 3.63) is 65.7 Å². The molecule has 2 aromatic rings. The number of aromatic hydroxyl groups is 1. The minimum absolute atomic E-state index is 0.0204. The van der Waals surface area contributed by atoms with Crippen LogP contribution in [0.2, 0.25) is 0 Å². The van der Waals surface area contributed by atoms with Crippen LogP contribution in [0.1, 0.15) is 77.3 Å². The molecule has 20 N–H and O–H groups in total. The van der Waals surface area contributed by atoms with Crippen LogP contribution in [0.4, 0.5) is 0 Å². The number of rotatable bonds is 31. The SMILES string of the molecule is CC[C@H](C)[C@H](NC(=O)[C@H](CCCN=C(N)N)NC(=O)[C@H](CCCN=C(N)N)NC(=O)[C@H](CC(C)C)NC(=O)[C@H](Cc1ccccc1)NC(=O)CNC(=O)CNC(=O)[C@@H](N)Cc1ccc(O)cc1)C(N)=O. The van der Waals surface area contributed by atoms with Crippen molar-refractivity contribution in [2.75, 3.05) is 26.2 Å². The van der Waals surface area contributed by atoms with Gasteiger partial charge in [0, 0.05) is 19.5 Å². The molecule has 0 aliphatic heterocycles. The number of carbonyl (C=O) groups is 8. The Labute approximate surface area is 408 Å². The summed E-state index contributed by atoms with van der Waals surface area (Å²) >= 11 is 0. The first-order valence-electron chi connectivity index (χ1n) is 23.1. The molecular formula is C46H73N15O9. The smallest absolute Gasteiger partial charge is 0.243 e. The number of benzene rings is 2. The highest BCUT2D eigenvalue weighted by Crippen LogP contribution is 2.13. The summed E-state index contributed by atoms with van der Waals surface area (Å²) in [5, 5.41) is 27.7. The standard InChI is InChI=1S/C46H73N15O9/c1-5-27(4)38(39(48)65)61-42(68)33(14-10-20-54-46(51)52)58-41(67)32(13-9-19-53-45(49)50)59-43(69)34(21-26(2)3)60-44(70)35(23-28-11-7-6-8-12-28)57-37(64)25-55-36(63)24-56-40(66)31(47)22-29-15-17-30(62)18-16-29/h6-8,11-12,15-18,26-27,31-35,38,62H,5,9-10,13-14,19-25,47H2,1-4H3,(H2,48,65)(H,55,63)(H,56,66)(H,57,64)(H,58,67)(H,59,69)(H,60,70)(H,61,68)(H4,49,50,53)(H4,51,52,54)/t27-,31-,32-,33-,34-,35-,38-/m0/s1. The van der Waals surface area contributed by atoms with Gasteiger partial charge >= 0.3 is 0 Å². The molecule has 0 fully saturated rings. The highest BCUT2D eigenvalue weighted by atomic mass is 16.3. The first kappa shape index (κ1) is 58.6. The van der Waals surface area contributed by atoms with Crippen molar-refractivity contribution in [1.82, 2.24) is 37.2 Å². The van der Waals surface area contributed by atoms with E-state index in [1.54, 1.807) is 49.4 Å². The summed E-state index contributed by atoms with van der Waals surface area (Å²) in [6.07, 6.45) is 1.14. The monoisotopic (exact) mass is 980 g/mol. The Balaban J connectivity index is 2.29. The average molecular weight is 980 g/mol. The Morgan fingerprint density at radius 2 is 1.06 bits per heavy atom. The molecule has 8 amide bonds. The van der Waals surface area contributed by atoms with Gasteiger partial charge in [0.25, 0.3) is 0 Å². The maximum Gasteiger partial charge on any atom is 0.243 e. The van der Waals surface area contributed by atoms with Crippen molar-refractivity contribution >= 4 is 59.2 Å². The molecule has 0 unspecified atom stereocenters. The van der Waals surface area contributed by atoms with E-state index in [-0.39, 0.29) is 87.5 Å². The number of hydrogen-bond acceptors (Lipinski definition) is 12. The Morgan fingerprint density at radius 3 is 1.57 bits per heavy atom. The normalized spacial score (nSPS) is 13.9. The zero-order valence-electron chi connectivity index (χ0n) is 40.4. The van der Waals surface area contributed by atoms with Crippen molar-refractivity contribution in [3.63, 3.8) is 0 Å². The molecular weight excluding hydrogens is 907 g/mol. The number of carbonyl (C=O) groups excluding carboxylic acids is 8. The van der Waals surface area contributed by atoms with Gasteiger partial charge in [-0.3, -0.25) is 48.3 Å². The Morgan fingerprint density at radius 1 is 0.571 bits per heavy atom. The molecule has 0 spiro atoms. The van der Waals surface area contributed by atoms with Gasteiger partial charge in [0.15, 0.2) is 11.9 Å². The lowest BCUT2D eigenvalue weighted by atomic mass is 9.97. The summed E-state index contributed by atoms with van der Waals surface area (Å²) in [7, 11) is 0. The number of hydrogen-bond donors (Lipinski definition) is 14. The van der Waals surface area contributed by atoms with Crippen molar-refractivity contribution in [3.8, 4) is 5.75 Å². The molecule has 2 rings (SSSR count). The van der Waals surface area contributed by atoms with E-state index < -0.39 is 96.6 Å². The molecule has 0 saturated carbocycles. The number of guanidine groups is 2. The van der Waals surface area contributed by atoms with E-state index in [0.717, 1.165) is 0 Å². The van der Waals surface area contributed by atoms with Crippen LogP contribution in [-0.2, 0) is 51.2 Å². The fourth-order valence-corrected chi connectivity index (χ4v) is 6.87. The second-order valence-corrected chi connectivity index (χ2v) is 17.3. The lowest BCUT2D eigenvalue weighted by Crippen LogP contribution is -2.60. The van der Waals surface area contributed by atoms with E-state index in [9.17, 15) is 43.5 Å². The molecule has 0 saturated heterocycles. The first-order chi connectivity index (χ1) is 33.1. The molecule has 70 heavy (non-hydrogen) atoms. The topological polar surface area (TPSA) is 422 Å². The van der Waals surface area contributed by atoms with Crippen LogP contribution in [-0.4, -0.2) is 127 Å². The molecule has 7 atom stereocenters. The number of aliphatic imine (C=N–C) groups is 2. The van der Waals surface area contributed by atoms with Gasteiger partial charge in [-0.05, 0) is 73.6 Å². The molecule has 24 heteroatoms. The summed E-state index contributed by atoms with van der Waals surface area (Å²) in [6.45, 7) is 6.31. The summed E-state index contributed by atoms with van der Waals surface area (Å²) < 4.78 is 0. The maximum absolute atomic E-state index is 14.2. The molecule has 0 aliphatic rings. The van der Waals surface area contributed by atoms with Crippen LogP contribution in [0, 0.1) is 11.8 Å². The van der Waals surface area contributed by atoms with Crippen molar-refractivity contribution in [2.45, 2.75) is 115 Å². The maximum atomic E-state index is 14.2. The number of primary amides is 1. The van der Waals surface area contributed by atoms with E-state index in [1.807, 2.05) is 20.8 Å². The molecule has 386 valence electrons. The summed E-state index contributed by atoms with van der Waals surface area (Å²) in [5.74, 6) is -6.68. The van der Waals surface area contributed by atoms with Gasteiger partial charge < -0.3 is 76.7 Å². The van der Waals surface area contributed by atoms with Gasteiger partial charge in [-0.15, -0.1) is 0 Å². The molecule has 0 radical (unpaired) electrons. The minimum Gasteiger partial charge on any atom is -0.508 e. The number of nitrogens with two attached hydrogens (primary N) is 6. The Bertz CT molecular complexity index is 2100. The van der Waals surface area contributed by atoms with Crippen molar-refractivity contribution in [1.29, 1.82) is 0 Å². The molecule has 0 aromatic heterocycles. The van der Waals surface area contributed by atoms with E-state index in [2.05, 4.69) is 47.2 Å². The van der Waals surface area contributed by atoms with Gasteiger partial charge in [0.05, 0.1) is 19.1 Å². The number of nitrogens with zero attached hydrogens (tertiary/aromatic N) is 2. The third-order valence-corrected chi connectivity index (χ3v) is 10.8. The second kappa shape index (κ2) is 30.8. The largest absolute Gasteiger partial charge is 0.508 e. The predicted octanol–water partition coefficient (Wildman–Crippen LogP) is -3.15. The Hall–Kier alpha value is -7.50. The third kappa shape index (κ3) is 23.0. The van der Waals surface area contributed by atoms with Crippen LogP contribution in [0.5, 0.6) is 5.75 Å². The molecule has 0 aliphatic carbocycles. The van der Waals surface area contributed by atoms with Crippen LogP contribution in [0.25, 0.3) is 0 Å². The van der Waals surface area contributed by atoms with E-state index in [1.165, 1.54) is 12.1 Å². The molecule has 2 aromatic carbocycles. The first-order valence-corrected chi connectivity index (χ1v) is 23.1. The summed E-state index contributed by atoms with van der Waals surface area (Å²) in [4.78, 5) is 115. The lowest BCUT2D eigenvalue weighted by Gasteiger charge is -2.28. The number of amides is 8. The second-order valence-electron chi connectivity index (χ2n) is 17.3.